The molecule has 0 bridgehead atoms. The molecule has 1 fully saturated rings. The zero-order valence-electron chi connectivity index (χ0n) is 11.7. The molecule has 1 aromatic rings. The van der Waals surface area contributed by atoms with Gasteiger partial charge in [-0.2, -0.15) is 0 Å². The number of hydrogen-bond donors (Lipinski definition) is 2. The van der Waals surface area contributed by atoms with E-state index in [1.54, 1.807) is 11.8 Å². The predicted octanol–water partition coefficient (Wildman–Crippen LogP) is -0.157. The van der Waals surface area contributed by atoms with Gasteiger partial charge >= 0.3 is 5.97 Å². The molecule has 0 radical (unpaired) electrons. The molecule has 1 atom stereocenters. The number of carbonyl (C=O) groups excluding carboxylic acids is 1. The number of rotatable bonds is 4. The monoisotopic (exact) mass is 295 g/mol. The van der Waals surface area contributed by atoms with E-state index in [1.807, 2.05) is 0 Å². The molecule has 21 heavy (non-hydrogen) atoms. The number of nitrogens with one attached hydrogen (secondary N) is 1. The summed E-state index contributed by atoms with van der Waals surface area (Å²) in [6, 6.07) is 1.38. The first-order chi connectivity index (χ1) is 9.95. The molecule has 2 N–H and O–H groups in total. The number of H-pyrrole nitrogens is 1. The molecule has 2 rings (SSSR count). The van der Waals surface area contributed by atoms with Gasteiger partial charge in [-0.15, -0.1) is 0 Å². The Morgan fingerprint density at radius 2 is 2.29 bits per heavy atom. The van der Waals surface area contributed by atoms with E-state index < -0.39 is 12.1 Å². The number of aryl methyl sites for hydroxylation is 1. The van der Waals surface area contributed by atoms with Crippen molar-refractivity contribution in [1.82, 2.24) is 14.9 Å². The van der Waals surface area contributed by atoms with Gasteiger partial charge in [-0.3, -0.25) is 14.4 Å². The van der Waals surface area contributed by atoms with Crippen LogP contribution in [-0.4, -0.2) is 51.5 Å². The highest BCUT2D eigenvalue weighted by Gasteiger charge is 2.27. The van der Waals surface area contributed by atoms with Crippen LogP contribution in [0.15, 0.2) is 10.9 Å². The molecule has 1 unspecified atom stereocenters. The minimum Gasteiger partial charge on any atom is -0.481 e. The number of aromatic amines is 1. The Kier molecular flexibility index (Phi) is 4.69. The van der Waals surface area contributed by atoms with Crippen LogP contribution in [0.3, 0.4) is 0 Å². The highest BCUT2D eigenvalue weighted by Crippen LogP contribution is 2.19. The van der Waals surface area contributed by atoms with Gasteiger partial charge in [0.25, 0.3) is 5.56 Å². The molecule has 114 valence electrons. The van der Waals surface area contributed by atoms with Gasteiger partial charge in [-0.25, -0.2) is 4.98 Å². The van der Waals surface area contributed by atoms with Crippen molar-refractivity contribution in [2.75, 3.05) is 19.7 Å². The molecule has 0 aromatic carbocycles. The van der Waals surface area contributed by atoms with Crippen LogP contribution in [0.1, 0.15) is 30.5 Å². The molecule has 0 aliphatic carbocycles. The Balaban J connectivity index is 2.04. The minimum atomic E-state index is -1.00. The van der Waals surface area contributed by atoms with Gasteiger partial charge < -0.3 is 19.7 Å². The van der Waals surface area contributed by atoms with Gasteiger partial charge in [-0.1, -0.05) is 0 Å². The maximum atomic E-state index is 11.9. The molecule has 0 spiro atoms. The zero-order valence-corrected chi connectivity index (χ0v) is 11.7. The number of nitrogens with zero attached hydrogens (tertiary/aromatic N) is 2. The molecule has 1 aromatic heterocycles. The van der Waals surface area contributed by atoms with Crippen molar-refractivity contribution in [3.8, 4) is 0 Å². The highest BCUT2D eigenvalue weighted by molar-refractivity contribution is 5.80. The summed E-state index contributed by atoms with van der Waals surface area (Å²) in [4.78, 5) is 42.2. The quantitative estimate of drug-likeness (QED) is 0.798. The second-order valence-electron chi connectivity index (χ2n) is 4.86. The molecular weight excluding hydrogens is 278 g/mol. The molecule has 8 heteroatoms. The number of aromatic nitrogens is 2. The largest absolute Gasteiger partial charge is 0.481 e. The van der Waals surface area contributed by atoms with E-state index in [0.717, 1.165) is 0 Å². The smallest absolute Gasteiger partial charge is 0.303 e. The fourth-order valence-electron chi connectivity index (χ4n) is 2.17. The maximum absolute atomic E-state index is 11.9. The fourth-order valence-corrected chi connectivity index (χ4v) is 2.17. The number of morpholine rings is 1. The van der Waals surface area contributed by atoms with E-state index in [0.29, 0.717) is 24.7 Å². The lowest BCUT2D eigenvalue weighted by atomic mass is 10.2. The first-order valence-corrected chi connectivity index (χ1v) is 6.65. The highest BCUT2D eigenvalue weighted by atomic mass is 16.5. The van der Waals surface area contributed by atoms with Crippen LogP contribution in [0.25, 0.3) is 0 Å². The third-order valence-electron chi connectivity index (χ3n) is 3.16. The van der Waals surface area contributed by atoms with Gasteiger partial charge in [0.2, 0.25) is 5.91 Å². The number of carbonyl (C=O) groups is 2. The van der Waals surface area contributed by atoms with Crippen LogP contribution in [0.5, 0.6) is 0 Å². The maximum Gasteiger partial charge on any atom is 0.303 e. The van der Waals surface area contributed by atoms with Crippen LogP contribution in [-0.2, 0) is 14.3 Å². The summed E-state index contributed by atoms with van der Waals surface area (Å²) in [6.07, 6.45) is -0.736. The topological polar surface area (TPSA) is 113 Å². The lowest BCUT2D eigenvalue weighted by Crippen LogP contribution is -2.43. The zero-order chi connectivity index (χ0) is 15.4. The molecule has 1 aliphatic rings. The Bertz CT molecular complexity index is 598. The molecular formula is C13H17N3O5. The molecule has 8 nitrogen and oxygen atoms in total. The average molecular weight is 295 g/mol. The van der Waals surface area contributed by atoms with Crippen molar-refractivity contribution in [2.45, 2.75) is 25.9 Å². The van der Waals surface area contributed by atoms with Crippen LogP contribution < -0.4 is 5.56 Å². The van der Waals surface area contributed by atoms with Gasteiger partial charge in [0.05, 0.1) is 19.6 Å². The van der Waals surface area contributed by atoms with Crippen LogP contribution in [0, 0.1) is 6.92 Å². The number of amides is 1. The van der Waals surface area contributed by atoms with Gasteiger partial charge in [0.1, 0.15) is 11.9 Å². The summed E-state index contributed by atoms with van der Waals surface area (Å²) < 4.78 is 5.54. The van der Waals surface area contributed by atoms with Crippen molar-refractivity contribution in [2.24, 2.45) is 0 Å². The Labute approximate surface area is 120 Å². The van der Waals surface area contributed by atoms with Gasteiger partial charge in [0.15, 0.2) is 0 Å². The number of aliphatic carboxylic acids is 1. The van der Waals surface area contributed by atoms with Crippen LogP contribution in [0.2, 0.25) is 0 Å². The van der Waals surface area contributed by atoms with E-state index in [1.165, 1.54) is 6.07 Å². The Hall–Kier alpha value is -2.22. The third-order valence-corrected chi connectivity index (χ3v) is 3.16. The lowest BCUT2D eigenvalue weighted by Gasteiger charge is -2.32. The molecule has 1 saturated heterocycles. The van der Waals surface area contributed by atoms with E-state index >= 15 is 0 Å². The Morgan fingerprint density at radius 3 is 2.95 bits per heavy atom. The molecule has 1 aliphatic heterocycles. The van der Waals surface area contributed by atoms with E-state index in [-0.39, 0.29) is 30.9 Å². The number of carboxylic acid groups (broad SMARTS) is 1. The molecule has 0 saturated carbocycles. The minimum absolute atomic E-state index is 0.0418. The number of hydrogen-bond acceptors (Lipinski definition) is 5. The number of ether oxygens (including phenoxy) is 1. The van der Waals surface area contributed by atoms with Gasteiger partial charge in [-0.05, 0) is 6.92 Å². The van der Waals surface area contributed by atoms with Crippen molar-refractivity contribution >= 4 is 11.9 Å². The summed E-state index contributed by atoms with van der Waals surface area (Å²) in [6.45, 7) is 2.69. The van der Waals surface area contributed by atoms with Crippen LogP contribution >= 0.6 is 0 Å². The fraction of sp³-hybridized carbons (Fsp3) is 0.538. The van der Waals surface area contributed by atoms with Crippen molar-refractivity contribution in [3.63, 3.8) is 0 Å². The summed E-state index contributed by atoms with van der Waals surface area (Å²) in [5.41, 5.74) is 0.308. The predicted molar refractivity (Wildman–Crippen MR) is 71.7 cm³/mol. The summed E-state index contributed by atoms with van der Waals surface area (Å²) in [5.74, 6) is -0.853. The second kappa shape index (κ2) is 6.49. The standard InChI is InChI=1S/C13H17N3O5/c1-8-6-10(17)15-13(14-8)9-7-16(4-5-21-9)11(18)2-3-12(19)20/h6,9H,2-5,7H2,1H3,(H,19,20)(H,14,15,17). The first kappa shape index (κ1) is 15.2. The second-order valence-corrected chi connectivity index (χ2v) is 4.86. The first-order valence-electron chi connectivity index (χ1n) is 6.65. The van der Waals surface area contributed by atoms with Crippen molar-refractivity contribution < 1.29 is 19.4 Å². The summed E-state index contributed by atoms with van der Waals surface area (Å²) in [5, 5.41) is 8.61. The summed E-state index contributed by atoms with van der Waals surface area (Å²) in [7, 11) is 0. The SMILES string of the molecule is Cc1cc(=O)[nH]c(C2CN(C(=O)CCC(=O)O)CCO2)n1. The van der Waals surface area contributed by atoms with E-state index in [9.17, 15) is 14.4 Å². The van der Waals surface area contributed by atoms with Crippen molar-refractivity contribution in [1.29, 1.82) is 0 Å². The third kappa shape index (κ3) is 4.12. The summed E-state index contributed by atoms with van der Waals surface area (Å²) >= 11 is 0. The average Bonchev–Trinajstić information content (AvgIpc) is 2.44. The van der Waals surface area contributed by atoms with E-state index in [2.05, 4.69) is 9.97 Å². The van der Waals surface area contributed by atoms with E-state index in [4.69, 9.17) is 9.84 Å². The van der Waals surface area contributed by atoms with Gasteiger partial charge in [0, 0.05) is 24.7 Å². The number of carboxylic acids is 1. The lowest BCUT2D eigenvalue weighted by molar-refractivity contribution is -0.144. The molecule has 1 amide bonds. The van der Waals surface area contributed by atoms with Crippen molar-refractivity contribution in [3.05, 3.63) is 27.9 Å². The normalized spacial score (nSPS) is 18.5. The Morgan fingerprint density at radius 1 is 1.52 bits per heavy atom. The molecule has 2 heterocycles. The van der Waals surface area contributed by atoms with Crippen LogP contribution in [0.4, 0.5) is 0 Å².